The van der Waals surface area contributed by atoms with Crippen molar-refractivity contribution in [3.63, 3.8) is 0 Å². The number of hydrogen-bond acceptors (Lipinski definition) is 6. The Kier molecular flexibility index (Phi) is 6.55. The van der Waals surface area contributed by atoms with E-state index in [0.717, 1.165) is 93.9 Å². The van der Waals surface area contributed by atoms with Crippen molar-refractivity contribution in [2.45, 2.75) is 113 Å². The van der Waals surface area contributed by atoms with Crippen LogP contribution in [0.5, 0.6) is 0 Å². The number of rotatable bonds is 5. The lowest BCUT2D eigenvalue weighted by Gasteiger charge is -2.59. The Bertz CT molecular complexity index is 1520. The summed E-state index contributed by atoms with van der Waals surface area (Å²) < 4.78 is 41.1. The molecule has 0 bridgehead atoms. The standard InChI is InChI=1S/C35H43F3N6/c1-21-5-9-34(30-24(21)3-4-27(40)26(30)17-39)10-6-25-28(16-34)41-29(7-11-35-8-2-12-44(35)18-23(36)15-35)42-32(25)43-19-33(20-43)13-22(14-33)31(37)38/h3-4,21-23,31H,2,5-16,18-20,40H2,1H3. The second-order valence-corrected chi connectivity index (χ2v) is 15.3. The van der Waals surface area contributed by atoms with Crippen molar-refractivity contribution < 1.29 is 13.2 Å². The maximum atomic E-state index is 14.5. The van der Waals surface area contributed by atoms with Gasteiger partial charge in [-0.2, -0.15) is 5.26 Å². The summed E-state index contributed by atoms with van der Waals surface area (Å²) in [4.78, 5) is 15.1. The number of anilines is 2. The van der Waals surface area contributed by atoms with E-state index in [0.29, 0.717) is 49.4 Å². The molecule has 0 radical (unpaired) electrons. The number of fused-ring (bicyclic) bond motifs is 4. The smallest absolute Gasteiger partial charge is 0.241 e. The molecule has 4 unspecified atom stereocenters. The third-order valence-electron chi connectivity index (χ3n) is 12.6. The van der Waals surface area contributed by atoms with E-state index < -0.39 is 18.5 Å². The molecule has 4 heterocycles. The summed E-state index contributed by atoms with van der Waals surface area (Å²) in [5.74, 6) is 1.70. The lowest BCUT2D eigenvalue weighted by molar-refractivity contribution is -0.0658. The van der Waals surface area contributed by atoms with E-state index in [-0.39, 0.29) is 16.4 Å². The number of aryl methyl sites for hydroxylation is 1. The van der Waals surface area contributed by atoms with Gasteiger partial charge in [-0.1, -0.05) is 13.0 Å². The third-order valence-corrected chi connectivity index (χ3v) is 12.6. The van der Waals surface area contributed by atoms with Gasteiger partial charge >= 0.3 is 0 Å². The first-order chi connectivity index (χ1) is 21.1. The SMILES string of the molecule is CC1CCC2(CCc3c(nc(CCC45CCCN4CC(F)C5)nc3N3CC4(CC(C(F)F)C4)C3)C2)c2c1ccc(N)c2C#N. The highest BCUT2D eigenvalue weighted by molar-refractivity contribution is 5.65. The Labute approximate surface area is 258 Å². The van der Waals surface area contributed by atoms with E-state index in [1.165, 1.54) is 11.1 Å². The van der Waals surface area contributed by atoms with Crippen molar-refractivity contribution in [1.29, 1.82) is 5.26 Å². The molecule has 1 aromatic carbocycles. The topological polar surface area (TPSA) is 82.1 Å². The van der Waals surface area contributed by atoms with Gasteiger partial charge in [0.2, 0.25) is 6.43 Å². The summed E-state index contributed by atoms with van der Waals surface area (Å²) in [7, 11) is 0. The van der Waals surface area contributed by atoms with Gasteiger partial charge in [-0.05, 0) is 100 Å². The van der Waals surface area contributed by atoms with Gasteiger partial charge < -0.3 is 10.6 Å². The quantitative estimate of drug-likeness (QED) is 0.407. The largest absolute Gasteiger partial charge is 0.398 e. The molecule has 6 nitrogen and oxygen atoms in total. The molecule has 3 aliphatic heterocycles. The number of aromatic nitrogens is 2. The van der Waals surface area contributed by atoms with Gasteiger partial charge in [0.1, 0.15) is 23.9 Å². The second kappa shape index (κ2) is 10.1. The Morgan fingerprint density at radius 1 is 1.14 bits per heavy atom. The first-order valence-electron chi connectivity index (χ1n) is 16.8. The van der Waals surface area contributed by atoms with Crippen LogP contribution in [-0.2, 0) is 24.7 Å². The minimum atomic E-state index is -2.23. The fourth-order valence-electron chi connectivity index (χ4n) is 10.4. The first-order valence-corrected chi connectivity index (χ1v) is 16.8. The maximum Gasteiger partial charge on any atom is 0.241 e. The number of hydrogen-bond donors (Lipinski definition) is 1. The average molecular weight is 605 g/mol. The Balaban J connectivity index is 1.14. The zero-order chi connectivity index (χ0) is 30.4. The van der Waals surface area contributed by atoms with E-state index in [2.05, 4.69) is 28.9 Å². The molecule has 9 heteroatoms. The van der Waals surface area contributed by atoms with Crippen LogP contribution in [0.15, 0.2) is 12.1 Å². The van der Waals surface area contributed by atoms with Gasteiger partial charge in [0, 0.05) is 59.6 Å². The van der Waals surface area contributed by atoms with E-state index >= 15 is 0 Å². The molecule has 2 spiro atoms. The molecule has 44 heavy (non-hydrogen) atoms. The van der Waals surface area contributed by atoms with Crippen LogP contribution in [-0.4, -0.2) is 59.2 Å². The minimum absolute atomic E-state index is 0.00402. The predicted molar refractivity (Wildman–Crippen MR) is 164 cm³/mol. The lowest BCUT2D eigenvalue weighted by Crippen LogP contribution is -2.63. The lowest BCUT2D eigenvalue weighted by atomic mass is 9.57. The van der Waals surface area contributed by atoms with Gasteiger partial charge in [-0.15, -0.1) is 0 Å². The number of nitrogen functional groups attached to an aromatic ring is 1. The van der Waals surface area contributed by atoms with Crippen molar-refractivity contribution in [2.24, 2.45) is 11.3 Å². The van der Waals surface area contributed by atoms with Crippen molar-refractivity contribution in [3.8, 4) is 6.07 Å². The van der Waals surface area contributed by atoms with Gasteiger partial charge in [-0.25, -0.2) is 23.1 Å². The van der Waals surface area contributed by atoms with Crippen LogP contribution in [0.4, 0.5) is 24.7 Å². The summed E-state index contributed by atoms with van der Waals surface area (Å²) in [5, 5.41) is 10.2. The molecule has 4 fully saturated rings. The van der Waals surface area contributed by atoms with E-state index in [9.17, 15) is 18.4 Å². The molecule has 2 aromatic rings. The summed E-state index contributed by atoms with van der Waals surface area (Å²) in [6.07, 6.45) is 7.04. The third kappa shape index (κ3) is 4.29. The van der Waals surface area contributed by atoms with Crippen molar-refractivity contribution >= 4 is 11.5 Å². The molecule has 234 valence electrons. The molecule has 8 rings (SSSR count). The van der Waals surface area contributed by atoms with Crippen LogP contribution in [0, 0.1) is 22.7 Å². The number of halogens is 3. The Morgan fingerprint density at radius 2 is 1.95 bits per heavy atom. The highest BCUT2D eigenvalue weighted by Crippen LogP contribution is 2.56. The van der Waals surface area contributed by atoms with E-state index in [4.69, 9.17) is 15.7 Å². The fraction of sp³-hybridized carbons (Fsp3) is 0.686. The maximum absolute atomic E-state index is 14.5. The molecule has 3 aliphatic carbocycles. The van der Waals surface area contributed by atoms with Gasteiger partial charge in [0.15, 0.2) is 0 Å². The predicted octanol–water partition coefficient (Wildman–Crippen LogP) is 6.24. The van der Waals surface area contributed by atoms with Gasteiger partial charge in [-0.3, -0.25) is 4.90 Å². The summed E-state index contributed by atoms with van der Waals surface area (Å²) in [6, 6.07) is 6.47. The Hall–Kier alpha value is -2.86. The normalized spacial score (nSPS) is 32.3. The molecule has 2 N–H and O–H groups in total. The number of nitrogens with two attached hydrogens (primary N) is 1. The second-order valence-electron chi connectivity index (χ2n) is 15.3. The molecule has 0 amide bonds. The van der Waals surface area contributed by atoms with Crippen LogP contribution >= 0.6 is 0 Å². The van der Waals surface area contributed by atoms with Gasteiger partial charge in [0.05, 0.1) is 11.3 Å². The molecule has 6 aliphatic rings. The molecule has 1 aromatic heterocycles. The summed E-state index contributed by atoms with van der Waals surface area (Å²) in [5.41, 5.74) is 11.9. The molecule has 3 saturated heterocycles. The van der Waals surface area contributed by atoms with Crippen molar-refractivity contribution in [3.05, 3.63) is 45.9 Å². The highest BCUT2D eigenvalue weighted by Gasteiger charge is 2.56. The molecular weight excluding hydrogens is 561 g/mol. The average Bonchev–Trinajstić information content (AvgIpc) is 3.47. The van der Waals surface area contributed by atoms with Crippen LogP contribution in [0.1, 0.15) is 104 Å². The number of nitrogens with zero attached hydrogens (tertiary/aromatic N) is 5. The van der Waals surface area contributed by atoms with Crippen LogP contribution in [0.2, 0.25) is 0 Å². The molecule has 4 atom stereocenters. The number of alkyl halides is 3. The van der Waals surface area contributed by atoms with Gasteiger partial charge in [0.25, 0.3) is 0 Å². The zero-order valence-electron chi connectivity index (χ0n) is 25.7. The van der Waals surface area contributed by atoms with Crippen LogP contribution < -0.4 is 10.6 Å². The molecular formula is C35H43F3N6. The number of nitriles is 1. The van der Waals surface area contributed by atoms with Crippen LogP contribution in [0.3, 0.4) is 0 Å². The summed E-state index contributed by atoms with van der Waals surface area (Å²) >= 11 is 0. The molecule has 1 saturated carbocycles. The van der Waals surface area contributed by atoms with Crippen molar-refractivity contribution in [2.75, 3.05) is 36.8 Å². The van der Waals surface area contributed by atoms with E-state index in [1.54, 1.807) is 0 Å². The fourth-order valence-corrected chi connectivity index (χ4v) is 10.4. The highest BCUT2D eigenvalue weighted by atomic mass is 19.3. The monoisotopic (exact) mass is 604 g/mol. The summed E-state index contributed by atoms with van der Waals surface area (Å²) in [6.45, 7) is 5.31. The van der Waals surface area contributed by atoms with E-state index in [1.807, 2.05) is 6.07 Å². The minimum Gasteiger partial charge on any atom is -0.398 e. The zero-order valence-corrected chi connectivity index (χ0v) is 25.7. The first kappa shape index (κ1) is 28.6. The van der Waals surface area contributed by atoms with Crippen molar-refractivity contribution in [1.82, 2.24) is 14.9 Å². The Morgan fingerprint density at radius 3 is 2.73 bits per heavy atom. The number of benzene rings is 1. The van der Waals surface area contributed by atoms with Crippen LogP contribution in [0.25, 0.3) is 0 Å².